The maximum absolute atomic E-state index is 10.5. The molecule has 1 saturated carbocycles. The van der Waals surface area contributed by atoms with Gasteiger partial charge in [-0.15, -0.1) is 5.10 Å². The van der Waals surface area contributed by atoms with E-state index >= 15 is 0 Å². The van der Waals surface area contributed by atoms with Crippen LogP contribution in [0.1, 0.15) is 24.3 Å². The van der Waals surface area contributed by atoms with Crippen LogP contribution in [0.25, 0.3) is 0 Å². The van der Waals surface area contributed by atoms with Crippen molar-refractivity contribution in [2.24, 2.45) is 0 Å². The van der Waals surface area contributed by atoms with Crippen LogP contribution in [0, 0.1) is 10.1 Å². The number of aromatic nitrogens is 3. The van der Waals surface area contributed by atoms with E-state index in [4.69, 9.17) is 4.42 Å². The molecule has 1 aliphatic rings. The van der Waals surface area contributed by atoms with Gasteiger partial charge in [0.05, 0.1) is 18.0 Å². The van der Waals surface area contributed by atoms with Gasteiger partial charge < -0.3 is 9.73 Å². The molecular formula is C11H13N5O3. The van der Waals surface area contributed by atoms with Gasteiger partial charge in [0.2, 0.25) is 0 Å². The minimum Gasteiger partial charge on any atom is -0.404 e. The zero-order valence-corrected chi connectivity index (χ0v) is 10.2. The number of hydrogen-bond acceptors (Lipinski definition) is 6. The first-order chi connectivity index (χ1) is 9.20. The summed E-state index contributed by atoms with van der Waals surface area (Å²) in [5.74, 6) is 0.226. The Balaban J connectivity index is 1.60. The van der Waals surface area contributed by atoms with Crippen molar-refractivity contribution >= 4 is 5.88 Å². The van der Waals surface area contributed by atoms with E-state index in [9.17, 15) is 10.1 Å². The van der Waals surface area contributed by atoms with Gasteiger partial charge >= 0.3 is 5.88 Å². The summed E-state index contributed by atoms with van der Waals surface area (Å²) >= 11 is 0. The summed E-state index contributed by atoms with van der Waals surface area (Å²) in [6, 6.07) is 3.53. The van der Waals surface area contributed by atoms with E-state index in [1.807, 2.05) is 6.20 Å². The Morgan fingerprint density at radius 3 is 3.05 bits per heavy atom. The third-order valence-electron chi connectivity index (χ3n) is 2.88. The summed E-state index contributed by atoms with van der Waals surface area (Å²) in [7, 11) is 0. The predicted octanol–water partition coefficient (Wildman–Crippen LogP) is 1.08. The Kier molecular flexibility index (Phi) is 3.00. The lowest BCUT2D eigenvalue weighted by atomic mass is 10.4. The van der Waals surface area contributed by atoms with Gasteiger partial charge in [-0.1, -0.05) is 5.21 Å². The van der Waals surface area contributed by atoms with Crippen molar-refractivity contribution in [3.05, 3.63) is 39.9 Å². The van der Waals surface area contributed by atoms with Crippen LogP contribution in [0.15, 0.2) is 22.7 Å². The van der Waals surface area contributed by atoms with Crippen LogP contribution in [0.4, 0.5) is 5.88 Å². The summed E-state index contributed by atoms with van der Waals surface area (Å²) in [4.78, 5) is 9.93. The Bertz CT molecular complexity index is 587. The van der Waals surface area contributed by atoms with Crippen molar-refractivity contribution in [2.45, 2.75) is 32.0 Å². The molecule has 8 heteroatoms. The standard InChI is InChI=1S/C11H13N5O3/c17-16(18)11-4-3-10(19-11)7-15-6-9(13-14-15)5-12-8-1-2-8/h3-4,6,8,12H,1-2,5,7H2. The van der Waals surface area contributed by atoms with Crippen LogP contribution in [0.2, 0.25) is 0 Å². The van der Waals surface area contributed by atoms with Crippen molar-refractivity contribution in [1.82, 2.24) is 20.3 Å². The number of rotatable bonds is 6. The van der Waals surface area contributed by atoms with Gasteiger partial charge in [0.25, 0.3) is 0 Å². The molecule has 3 rings (SSSR count). The molecule has 2 aromatic rings. The van der Waals surface area contributed by atoms with Crippen LogP contribution in [0.5, 0.6) is 0 Å². The number of nitrogens with one attached hydrogen (secondary N) is 1. The van der Waals surface area contributed by atoms with Crippen molar-refractivity contribution in [2.75, 3.05) is 0 Å². The first-order valence-corrected chi connectivity index (χ1v) is 6.06. The monoisotopic (exact) mass is 263 g/mol. The summed E-state index contributed by atoms with van der Waals surface area (Å²) in [6.45, 7) is 1.03. The van der Waals surface area contributed by atoms with Gasteiger partial charge in [-0.3, -0.25) is 10.1 Å². The molecule has 0 amide bonds. The number of hydrogen-bond donors (Lipinski definition) is 1. The van der Waals surface area contributed by atoms with E-state index in [0.717, 1.165) is 5.69 Å². The highest BCUT2D eigenvalue weighted by atomic mass is 16.6. The van der Waals surface area contributed by atoms with Crippen molar-refractivity contribution in [3.8, 4) is 0 Å². The minimum absolute atomic E-state index is 0.259. The van der Waals surface area contributed by atoms with E-state index in [1.165, 1.54) is 18.9 Å². The van der Waals surface area contributed by atoms with Crippen LogP contribution in [0.3, 0.4) is 0 Å². The van der Waals surface area contributed by atoms with Crippen LogP contribution >= 0.6 is 0 Å². The summed E-state index contributed by atoms with van der Waals surface area (Å²) < 4.78 is 6.67. The second-order valence-electron chi connectivity index (χ2n) is 4.56. The molecule has 0 spiro atoms. The molecule has 2 heterocycles. The molecule has 19 heavy (non-hydrogen) atoms. The molecule has 1 fully saturated rings. The third kappa shape index (κ3) is 2.97. The number of nitrogens with zero attached hydrogens (tertiary/aromatic N) is 4. The van der Waals surface area contributed by atoms with Crippen LogP contribution < -0.4 is 5.32 Å². The van der Waals surface area contributed by atoms with E-state index < -0.39 is 4.92 Å². The number of nitro groups is 1. The van der Waals surface area contributed by atoms with Gasteiger partial charge in [0, 0.05) is 12.6 Å². The molecule has 0 unspecified atom stereocenters. The van der Waals surface area contributed by atoms with E-state index in [0.29, 0.717) is 24.9 Å². The quantitative estimate of drug-likeness (QED) is 0.618. The normalized spacial score (nSPS) is 14.7. The molecule has 1 aliphatic carbocycles. The lowest BCUT2D eigenvalue weighted by Gasteiger charge is -1.97. The first-order valence-electron chi connectivity index (χ1n) is 6.06. The summed E-state index contributed by atoms with van der Waals surface area (Å²) in [6.07, 6.45) is 4.26. The number of furan rings is 1. The van der Waals surface area contributed by atoms with Crippen molar-refractivity contribution in [3.63, 3.8) is 0 Å². The third-order valence-corrected chi connectivity index (χ3v) is 2.88. The first kappa shape index (κ1) is 11.8. The minimum atomic E-state index is -0.560. The highest BCUT2D eigenvalue weighted by Crippen LogP contribution is 2.19. The molecule has 0 atom stereocenters. The zero-order chi connectivity index (χ0) is 13.2. The SMILES string of the molecule is O=[N+]([O-])c1ccc(Cn2cc(CNC3CC3)nn2)o1. The second-order valence-corrected chi connectivity index (χ2v) is 4.56. The fourth-order valence-corrected chi connectivity index (χ4v) is 1.74. The lowest BCUT2D eigenvalue weighted by molar-refractivity contribution is -0.402. The van der Waals surface area contributed by atoms with Gasteiger partial charge in [-0.25, -0.2) is 4.68 Å². The zero-order valence-electron chi connectivity index (χ0n) is 10.2. The molecule has 100 valence electrons. The maximum Gasteiger partial charge on any atom is 0.433 e. The molecule has 1 N–H and O–H groups in total. The average molecular weight is 263 g/mol. The molecule has 0 radical (unpaired) electrons. The van der Waals surface area contributed by atoms with Crippen LogP contribution in [-0.2, 0) is 13.1 Å². The molecule has 0 saturated heterocycles. The fourth-order valence-electron chi connectivity index (χ4n) is 1.74. The lowest BCUT2D eigenvalue weighted by Crippen LogP contribution is -2.15. The molecular weight excluding hydrogens is 250 g/mol. The Hall–Kier alpha value is -2.22. The van der Waals surface area contributed by atoms with Gasteiger partial charge in [0.15, 0.2) is 0 Å². The summed E-state index contributed by atoms with van der Waals surface area (Å²) in [5.41, 5.74) is 0.855. The Morgan fingerprint density at radius 1 is 1.53 bits per heavy atom. The Labute approximate surface area is 108 Å². The molecule has 0 aliphatic heterocycles. The highest BCUT2D eigenvalue weighted by molar-refractivity contribution is 5.17. The Morgan fingerprint density at radius 2 is 2.37 bits per heavy atom. The molecule has 0 aromatic carbocycles. The van der Waals surface area contributed by atoms with Crippen LogP contribution in [-0.4, -0.2) is 26.0 Å². The molecule has 0 bridgehead atoms. The van der Waals surface area contributed by atoms with Crippen molar-refractivity contribution < 1.29 is 9.34 Å². The summed E-state index contributed by atoms with van der Waals surface area (Å²) in [5, 5.41) is 21.8. The van der Waals surface area contributed by atoms with E-state index in [-0.39, 0.29) is 5.88 Å². The highest BCUT2D eigenvalue weighted by Gasteiger charge is 2.20. The molecule has 2 aromatic heterocycles. The average Bonchev–Trinajstić information content (AvgIpc) is 2.91. The second kappa shape index (κ2) is 4.81. The predicted molar refractivity (Wildman–Crippen MR) is 64.3 cm³/mol. The van der Waals surface area contributed by atoms with E-state index in [2.05, 4.69) is 15.6 Å². The molecule has 8 nitrogen and oxygen atoms in total. The smallest absolute Gasteiger partial charge is 0.404 e. The van der Waals surface area contributed by atoms with Crippen molar-refractivity contribution in [1.29, 1.82) is 0 Å². The van der Waals surface area contributed by atoms with Gasteiger partial charge in [-0.05, 0) is 18.9 Å². The van der Waals surface area contributed by atoms with E-state index in [1.54, 1.807) is 10.7 Å². The fraction of sp³-hybridized carbons (Fsp3) is 0.455. The maximum atomic E-state index is 10.5. The van der Waals surface area contributed by atoms with Gasteiger partial charge in [0.1, 0.15) is 17.2 Å². The van der Waals surface area contributed by atoms with Gasteiger partial charge in [-0.2, -0.15) is 0 Å². The largest absolute Gasteiger partial charge is 0.433 e. The topological polar surface area (TPSA) is 99.0 Å².